The molecule has 8 nitrogen and oxygen atoms in total. The van der Waals surface area contributed by atoms with Gasteiger partial charge in [-0.05, 0) is 103 Å². The normalized spacial score (nSPS) is 17.3. The lowest BCUT2D eigenvalue weighted by atomic mass is 9.91. The molecule has 1 amide bonds. The molecule has 1 unspecified atom stereocenters. The molecule has 0 spiro atoms. The summed E-state index contributed by atoms with van der Waals surface area (Å²) in [6, 6.07) is 8.64. The topological polar surface area (TPSA) is 72.6 Å². The van der Waals surface area contributed by atoms with Crippen molar-refractivity contribution in [2.75, 3.05) is 19.6 Å². The van der Waals surface area contributed by atoms with Crippen molar-refractivity contribution in [2.45, 2.75) is 104 Å². The number of aromatic nitrogens is 3. The van der Waals surface area contributed by atoms with Gasteiger partial charge in [0.1, 0.15) is 5.60 Å². The number of aryl methyl sites for hydroxylation is 1. The third-order valence-electron chi connectivity index (χ3n) is 7.98. The van der Waals surface area contributed by atoms with Crippen LogP contribution in [0.2, 0.25) is 0 Å². The lowest BCUT2D eigenvalue weighted by Crippen LogP contribution is -2.44. The SMILES string of the molecule is CCCN(CCC)CCn1ccc2c(C(=O)N(C3CC3)C3CCc4nn(C(=O)OC(C)(C)C)cc4C3)cccc21. The van der Waals surface area contributed by atoms with Crippen LogP contribution >= 0.6 is 0 Å². The molecule has 2 aromatic heterocycles. The number of hydrogen-bond acceptors (Lipinski definition) is 5. The summed E-state index contributed by atoms with van der Waals surface area (Å²) in [5.74, 6) is 0.123. The van der Waals surface area contributed by atoms with E-state index in [1.54, 1.807) is 6.20 Å². The van der Waals surface area contributed by atoms with E-state index < -0.39 is 11.7 Å². The van der Waals surface area contributed by atoms with Gasteiger partial charge < -0.3 is 19.1 Å². The highest BCUT2D eigenvalue weighted by Crippen LogP contribution is 2.36. The molecule has 216 valence electrons. The summed E-state index contributed by atoms with van der Waals surface area (Å²) < 4.78 is 9.13. The Kier molecular flexibility index (Phi) is 8.36. The maximum Gasteiger partial charge on any atom is 0.435 e. The smallest absolute Gasteiger partial charge is 0.435 e. The minimum absolute atomic E-state index is 0.0952. The van der Waals surface area contributed by atoms with E-state index in [1.165, 1.54) is 4.68 Å². The number of benzene rings is 1. The number of amides is 1. The van der Waals surface area contributed by atoms with E-state index in [-0.39, 0.29) is 18.0 Å². The molecule has 2 heterocycles. The van der Waals surface area contributed by atoms with Gasteiger partial charge in [-0.15, -0.1) is 0 Å². The van der Waals surface area contributed by atoms with E-state index in [4.69, 9.17) is 4.74 Å². The Labute approximate surface area is 238 Å². The number of fused-ring (bicyclic) bond motifs is 2. The number of carbonyl (C=O) groups excluding carboxylic acids is 2. The molecule has 2 aliphatic carbocycles. The second-order valence-electron chi connectivity index (χ2n) is 12.5. The Bertz CT molecular complexity index is 1340. The van der Waals surface area contributed by atoms with Gasteiger partial charge >= 0.3 is 6.09 Å². The standard InChI is InChI=1S/C32H45N5O3/c1-6-16-34(17-7-2)19-20-35-18-15-26-27(9-8-10-29(26)35)30(38)37(24-11-12-24)25-13-14-28-23(21-25)22-36(33-28)31(39)40-32(3,4)5/h8-10,15,18,22,24-25H,6-7,11-14,16-17,19-21H2,1-5H3. The van der Waals surface area contributed by atoms with E-state index in [2.05, 4.69) is 51.6 Å². The van der Waals surface area contributed by atoms with Crippen molar-refractivity contribution in [3.8, 4) is 0 Å². The molecular weight excluding hydrogens is 502 g/mol. The highest BCUT2D eigenvalue weighted by molar-refractivity contribution is 6.07. The third-order valence-corrected chi connectivity index (χ3v) is 7.98. The van der Waals surface area contributed by atoms with Gasteiger partial charge in [-0.3, -0.25) is 4.79 Å². The van der Waals surface area contributed by atoms with Gasteiger partial charge in [-0.2, -0.15) is 9.78 Å². The molecule has 3 aromatic rings. The summed E-state index contributed by atoms with van der Waals surface area (Å²) in [4.78, 5) is 31.4. The summed E-state index contributed by atoms with van der Waals surface area (Å²) in [7, 11) is 0. The van der Waals surface area contributed by atoms with Crippen molar-refractivity contribution in [1.29, 1.82) is 0 Å². The number of nitrogens with zero attached hydrogens (tertiary/aromatic N) is 5. The summed E-state index contributed by atoms with van der Waals surface area (Å²) >= 11 is 0. The van der Waals surface area contributed by atoms with Crippen LogP contribution in [0.15, 0.2) is 36.7 Å². The van der Waals surface area contributed by atoms with Gasteiger partial charge in [-0.25, -0.2) is 4.79 Å². The van der Waals surface area contributed by atoms with Crippen molar-refractivity contribution >= 4 is 22.9 Å². The van der Waals surface area contributed by atoms with Crippen LogP contribution < -0.4 is 0 Å². The molecule has 0 bridgehead atoms. The van der Waals surface area contributed by atoms with Gasteiger partial charge in [0.25, 0.3) is 5.91 Å². The highest BCUT2D eigenvalue weighted by atomic mass is 16.6. The van der Waals surface area contributed by atoms with Gasteiger partial charge in [0, 0.05) is 54.0 Å². The van der Waals surface area contributed by atoms with E-state index in [9.17, 15) is 9.59 Å². The van der Waals surface area contributed by atoms with Crippen LogP contribution in [-0.2, 0) is 24.1 Å². The molecule has 1 aromatic carbocycles. The van der Waals surface area contributed by atoms with Crippen LogP contribution in [0, 0.1) is 0 Å². The van der Waals surface area contributed by atoms with Gasteiger partial charge in [-0.1, -0.05) is 19.9 Å². The summed E-state index contributed by atoms with van der Waals surface area (Å²) in [5, 5.41) is 5.55. The Hall–Kier alpha value is -3.13. The van der Waals surface area contributed by atoms with Crippen LogP contribution in [0.5, 0.6) is 0 Å². The molecule has 1 saturated carbocycles. The lowest BCUT2D eigenvalue weighted by molar-refractivity contribution is 0.0513. The van der Waals surface area contributed by atoms with Crippen LogP contribution in [0.1, 0.15) is 88.3 Å². The van der Waals surface area contributed by atoms with Crippen molar-refractivity contribution in [2.24, 2.45) is 0 Å². The first-order chi connectivity index (χ1) is 19.2. The number of hydrogen-bond donors (Lipinski definition) is 0. The Balaban J connectivity index is 1.34. The lowest BCUT2D eigenvalue weighted by Gasteiger charge is -2.34. The van der Waals surface area contributed by atoms with Crippen LogP contribution in [-0.4, -0.2) is 73.5 Å². The van der Waals surface area contributed by atoms with Gasteiger partial charge in [0.15, 0.2) is 0 Å². The molecule has 2 aliphatic rings. The second kappa shape index (κ2) is 11.8. The fourth-order valence-electron chi connectivity index (χ4n) is 6.07. The average molecular weight is 548 g/mol. The minimum Gasteiger partial charge on any atom is -0.442 e. The Morgan fingerprint density at radius 3 is 2.45 bits per heavy atom. The molecule has 8 heteroatoms. The molecule has 40 heavy (non-hydrogen) atoms. The predicted octanol–water partition coefficient (Wildman–Crippen LogP) is 5.91. The van der Waals surface area contributed by atoms with Crippen molar-refractivity contribution in [1.82, 2.24) is 24.1 Å². The summed E-state index contributed by atoms with van der Waals surface area (Å²) in [6.07, 6.45) is 10.2. The van der Waals surface area contributed by atoms with Gasteiger partial charge in [0.2, 0.25) is 0 Å². The highest BCUT2D eigenvalue weighted by Gasteiger charge is 2.40. The maximum absolute atomic E-state index is 14.2. The molecule has 1 fully saturated rings. The van der Waals surface area contributed by atoms with Crippen LogP contribution in [0.4, 0.5) is 4.79 Å². The third kappa shape index (κ3) is 6.27. The molecular formula is C32H45N5O3. The summed E-state index contributed by atoms with van der Waals surface area (Å²) in [6.45, 7) is 14.2. The quantitative estimate of drug-likeness (QED) is 0.316. The van der Waals surface area contributed by atoms with Crippen LogP contribution in [0.25, 0.3) is 10.9 Å². The number of ether oxygens (including phenoxy) is 1. The maximum atomic E-state index is 14.2. The molecule has 0 saturated heterocycles. The van der Waals surface area contributed by atoms with Crippen molar-refractivity contribution in [3.63, 3.8) is 0 Å². The molecule has 0 N–H and O–H groups in total. The van der Waals surface area contributed by atoms with E-state index in [0.717, 1.165) is 92.4 Å². The zero-order valence-corrected chi connectivity index (χ0v) is 24.9. The number of rotatable bonds is 10. The fraction of sp³-hybridized carbons (Fsp3) is 0.594. The first-order valence-electron chi connectivity index (χ1n) is 15.1. The fourth-order valence-corrected chi connectivity index (χ4v) is 6.07. The summed E-state index contributed by atoms with van der Waals surface area (Å²) in [5.41, 5.74) is 3.31. The molecule has 0 radical (unpaired) electrons. The predicted molar refractivity (Wildman–Crippen MR) is 158 cm³/mol. The minimum atomic E-state index is -0.578. The first-order valence-corrected chi connectivity index (χ1v) is 15.1. The van der Waals surface area contributed by atoms with E-state index in [1.807, 2.05) is 32.9 Å². The molecule has 1 atom stereocenters. The largest absolute Gasteiger partial charge is 0.442 e. The van der Waals surface area contributed by atoms with Gasteiger partial charge in [0.05, 0.1) is 5.69 Å². The Morgan fingerprint density at radius 2 is 1.77 bits per heavy atom. The van der Waals surface area contributed by atoms with Crippen molar-refractivity contribution < 1.29 is 14.3 Å². The van der Waals surface area contributed by atoms with Crippen LogP contribution in [0.3, 0.4) is 0 Å². The van der Waals surface area contributed by atoms with E-state index >= 15 is 0 Å². The zero-order valence-electron chi connectivity index (χ0n) is 24.9. The van der Waals surface area contributed by atoms with Crippen molar-refractivity contribution in [3.05, 3.63) is 53.5 Å². The molecule has 0 aliphatic heterocycles. The van der Waals surface area contributed by atoms with E-state index in [0.29, 0.717) is 6.42 Å². The zero-order chi connectivity index (χ0) is 28.4. The second-order valence-corrected chi connectivity index (χ2v) is 12.5. The number of carbonyl (C=O) groups is 2. The monoisotopic (exact) mass is 547 g/mol. The first kappa shape index (κ1) is 28.4. The molecule has 5 rings (SSSR count). The average Bonchev–Trinajstić information content (AvgIpc) is 3.49. The Morgan fingerprint density at radius 1 is 1.02 bits per heavy atom.